The van der Waals surface area contributed by atoms with E-state index in [9.17, 15) is 9.90 Å². The second-order valence-corrected chi connectivity index (χ2v) is 4.12. The Morgan fingerprint density at radius 3 is 2.59 bits per heavy atom. The topological polar surface area (TPSA) is 49.8 Å². The Labute approximate surface area is 106 Å². The van der Waals surface area contributed by atoms with E-state index in [2.05, 4.69) is 0 Å². The number of hydroxylamine groups is 2. The number of aliphatic hydroxyl groups is 1. The molecule has 0 aromatic heterocycles. The normalized spacial score (nSPS) is 12.2. The van der Waals surface area contributed by atoms with Crippen LogP contribution in [0.1, 0.15) is 24.5 Å². The van der Waals surface area contributed by atoms with Crippen molar-refractivity contribution in [1.29, 1.82) is 0 Å². The molecule has 0 saturated heterocycles. The molecule has 5 heteroatoms. The van der Waals surface area contributed by atoms with Gasteiger partial charge in [-0.05, 0) is 24.1 Å². The van der Waals surface area contributed by atoms with E-state index in [0.717, 1.165) is 10.6 Å². The second kappa shape index (κ2) is 6.59. The second-order valence-electron chi connectivity index (χ2n) is 3.68. The highest BCUT2D eigenvalue weighted by atomic mass is 35.5. The number of rotatable bonds is 5. The van der Waals surface area contributed by atoms with E-state index in [-0.39, 0.29) is 12.3 Å². The number of hydrogen-bond acceptors (Lipinski definition) is 3. The number of aliphatic hydroxyl groups excluding tert-OH is 1. The van der Waals surface area contributed by atoms with E-state index in [1.807, 2.05) is 0 Å². The van der Waals surface area contributed by atoms with Crippen LogP contribution < -0.4 is 0 Å². The van der Waals surface area contributed by atoms with Crippen LogP contribution in [0, 0.1) is 0 Å². The van der Waals surface area contributed by atoms with Crippen molar-refractivity contribution in [2.24, 2.45) is 0 Å². The number of carbonyl (C=O) groups excluding carboxylic acids is 1. The summed E-state index contributed by atoms with van der Waals surface area (Å²) < 4.78 is 0. The van der Waals surface area contributed by atoms with Gasteiger partial charge in [0.05, 0.1) is 13.2 Å². The highest BCUT2D eigenvalue weighted by Crippen LogP contribution is 2.20. The standard InChI is InChI=1S/C12H16ClNO3/c1-14(17-2)12(16)8-7-11(15)9-3-5-10(13)6-4-9/h3-6,11,15H,7-8H2,1-2H3. The maximum Gasteiger partial charge on any atom is 0.245 e. The zero-order valence-corrected chi connectivity index (χ0v) is 10.6. The molecule has 0 aliphatic heterocycles. The molecule has 0 radical (unpaired) electrons. The molecule has 17 heavy (non-hydrogen) atoms. The van der Waals surface area contributed by atoms with Crippen LogP contribution in [0.4, 0.5) is 0 Å². The average molecular weight is 258 g/mol. The summed E-state index contributed by atoms with van der Waals surface area (Å²) in [6.07, 6.45) is -0.0797. The lowest BCUT2D eigenvalue weighted by Crippen LogP contribution is -2.25. The highest BCUT2D eigenvalue weighted by Gasteiger charge is 2.13. The van der Waals surface area contributed by atoms with Gasteiger partial charge in [-0.15, -0.1) is 0 Å². The molecule has 0 aliphatic rings. The molecule has 0 heterocycles. The lowest BCUT2D eigenvalue weighted by Gasteiger charge is -2.15. The quantitative estimate of drug-likeness (QED) is 0.823. The minimum atomic E-state index is -0.665. The molecule has 0 spiro atoms. The first-order chi connectivity index (χ1) is 8.04. The zero-order chi connectivity index (χ0) is 12.8. The summed E-state index contributed by atoms with van der Waals surface area (Å²) in [4.78, 5) is 16.2. The van der Waals surface area contributed by atoms with Crippen LogP contribution in [-0.2, 0) is 9.63 Å². The molecule has 1 aromatic rings. The number of amides is 1. The number of hydrogen-bond donors (Lipinski definition) is 1. The van der Waals surface area contributed by atoms with Gasteiger partial charge in [-0.3, -0.25) is 9.63 Å². The molecule has 1 amide bonds. The van der Waals surface area contributed by atoms with Crippen molar-refractivity contribution in [3.05, 3.63) is 34.9 Å². The summed E-state index contributed by atoms with van der Waals surface area (Å²) in [7, 11) is 2.96. The predicted molar refractivity (Wildman–Crippen MR) is 65.4 cm³/mol. The third-order valence-electron chi connectivity index (χ3n) is 2.51. The summed E-state index contributed by atoms with van der Waals surface area (Å²) in [5.41, 5.74) is 0.752. The zero-order valence-electron chi connectivity index (χ0n) is 9.89. The van der Waals surface area contributed by atoms with E-state index in [4.69, 9.17) is 16.4 Å². The highest BCUT2D eigenvalue weighted by molar-refractivity contribution is 6.30. The molecule has 0 fully saturated rings. The Morgan fingerprint density at radius 1 is 1.47 bits per heavy atom. The SMILES string of the molecule is CON(C)C(=O)CCC(O)c1ccc(Cl)cc1. The van der Waals surface area contributed by atoms with Gasteiger partial charge in [-0.2, -0.15) is 0 Å². The Kier molecular flexibility index (Phi) is 5.41. The largest absolute Gasteiger partial charge is 0.388 e. The number of benzene rings is 1. The fourth-order valence-corrected chi connectivity index (χ4v) is 1.50. The molecule has 0 saturated carbocycles. The van der Waals surface area contributed by atoms with Crippen LogP contribution in [0.3, 0.4) is 0 Å². The molecule has 1 atom stereocenters. The van der Waals surface area contributed by atoms with Crippen LogP contribution >= 0.6 is 11.6 Å². The summed E-state index contributed by atoms with van der Waals surface area (Å²) in [5.74, 6) is -0.166. The number of carbonyl (C=O) groups is 1. The molecule has 1 N–H and O–H groups in total. The van der Waals surface area contributed by atoms with Crippen molar-refractivity contribution in [2.45, 2.75) is 18.9 Å². The van der Waals surface area contributed by atoms with Crippen molar-refractivity contribution in [1.82, 2.24) is 5.06 Å². The monoisotopic (exact) mass is 257 g/mol. The smallest absolute Gasteiger partial charge is 0.245 e. The van der Waals surface area contributed by atoms with Crippen molar-refractivity contribution < 1.29 is 14.7 Å². The third kappa shape index (κ3) is 4.34. The number of halogens is 1. The summed E-state index contributed by atoms with van der Waals surface area (Å²) >= 11 is 5.75. The van der Waals surface area contributed by atoms with Gasteiger partial charge in [0, 0.05) is 18.5 Å². The lowest BCUT2D eigenvalue weighted by molar-refractivity contribution is -0.169. The van der Waals surface area contributed by atoms with E-state index < -0.39 is 6.10 Å². The van der Waals surface area contributed by atoms with Crippen LogP contribution in [0.25, 0.3) is 0 Å². The molecule has 1 aromatic carbocycles. The minimum absolute atomic E-state index is 0.166. The van der Waals surface area contributed by atoms with Crippen LogP contribution in [0.2, 0.25) is 5.02 Å². The first kappa shape index (κ1) is 14.0. The lowest BCUT2D eigenvalue weighted by atomic mass is 10.0. The van der Waals surface area contributed by atoms with Crippen molar-refractivity contribution in [2.75, 3.05) is 14.2 Å². The van der Waals surface area contributed by atoms with E-state index in [1.54, 1.807) is 24.3 Å². The fourth-order valence-electron chi connectivity index (χ4n) is 1.37. The molecule has 0 bridgehead atoms. The van der Waals surface area contributed by atoms with Crippen molar-refractivity contribution in [3.63, 3.8) is 0 Å². The summed E-state index contributed by atoms with van der Waals surface area (Å²) in [6, 6.07) is 6.92. The van der Waals surface area contributed by atoms with Gasteiger partial charge in [-0.25, -0.2) is 5.06 Å². The molecule has 1 rings (SSSR count). The predicted octanol–water partition coefficient (Wildman–Crippen LogP) is 2.17. The maximum absolute atomic E-state index is 11.4. The molecular formula is C12H16ClNO3. The Bertz CT molecular complexity index is 367. The van der Waals surface area contributed by atoms with Gasteiger partial charge in [0.1, 0.15) is 0 Å². The van der Waals surface area contributed by atoms with Crippen LogP contribution in [0.5, 0.6) is 0 Å². The van der Waals surface area contributed by atoms with Gasteiger partial charge in [0.25, 0.3) is 0 Å². The number of nitrogens with zero attached hydrogens (tertiary/aromatic N) is 1. The molecule has 4 nitrogen and oxygen atoms in total. The molecule has 0 aliphatic carbocycles. The Morgan fingerprint density at radius 2 is 2.06 bits per heavy atom. The fraction of sp³-hybridized carbons (Fsp3) is 0.417. The van der Waals surface area contributed by atoms with Gasteiger partial charge < -0.3 is 5.11 Å². The summed E-state index contributed by atoms with van der Waals surface area (Å²) in [5, 5.41) is 11.6. The van der Waals surface area contributed by atoms with Gasteiger partial charge in [0.15, 0.2) is 0 Å². The average Bonchev–Trinajstić information content (AvgIpc) is 2.35. The third-order valence-corrected chi connectivity index (χ3v) is 2.76. The van der Waals surface area contributed by atoms with E-state index in [0.29, 0.717) is 11.4 Å². The van der Waals surface area contributed by atoms with Crippen molar-refractivity contribution >= 4 is 17.5 Å². The minimum Gasteiger partial charge on any atom is -0.388 e. The Hall–Kier alpha value is -1.10. The van der Waals surface area contributed by atoms with Crippen LogP contribution in [0.15, 0.2) is 24.3 Å². The van der Waals surface area contributed by atoms with Gasteiger partial charge in [-0.1, -0.05) is 23.7 Å². The molecule has 94 valence electrons. The van der Waals surface area contributed by atoms with Gasteiger partial charge >= 0.3 is 0 Å². The van der Waals surface area contributed by atoms with Crippen molar-refractivity contribution in [3.8, 4) is 0 Å². The Balaban J connectivity index is 2.47. The summed E-state index contributed by atoms with van der Waals surface area (Å²) in [6.45, 7) is 0. The molecular weight excluding hydrogens is 242 g/mol. The van der Waals surface area contributed by atoms with E-state index >= 15 is 0 Å². The van der Waals surface area contributed by atoms with Crippen LogP contribution in [-0.4, -0.2) is 30.2 Å². The molecule has 1 unspecified atom stereocenters. The first-order valence-corrected chi connectivity index (χ1v) is 5.66. The van der Waals surface area contributed by atoms with E-state index in [1.165, 1.54) is 14.2 Å². The first-order valence-electron chi connectivity index (χ1n) is 5.28. The van der Waals surface area contributed by atoms with Gasteiger partial charge in [0.2, 0.25) is 5.91 Å². The maximum atomic E-state index is 11.4.